The fourth-order valence-electron chi connectivity index (χ4n) is 4.79. The normalized spacial score (nSPS) is 16.6. The van der Waals surface area contributed by atoms with Crippen molar-refractivity contribution in [3.63, 3.8) is 0 Å². The third-order valence-corrected chi connectivity index (χ3v) is 6.65. The Morgan fingerprint density at radius 3 is 2.74 bits per heavy atom. The van der Waals surface area contributed by atoms with Gasteiger partial charge >= 0.3 is 0 Å². The second-order valence-electron chi connectivity index (χ2n) is 9.30. The first-order chi connectivity index (χ1) is 16.4. The highest BCUT2D eigenvalue weighted by Crippen LogP contribution is 2.39. The maximum absolute atomic E-state index is 14.9. The summed E-state index contributed by atoms with van der Waals surface area (Å²) >= 11 is 0. The zero-order chi connectivity index (χ0) is 23.8. The highest BCUT2D eigenvalue weighted by atomic mass is 19.1. The van der Waals surface area contributed by atoms with Crippen LogP contribution in [0.5, 0.6) is 5.75 Å². The number of nitrogens with zero attached hydrogens (tertiary/aromatic N) is 5. The number of piperidine rings is 1. The highest BCUT2D eigenvalue weighted by Gasteiger charge is 2.26. The van der Waals surface area contributed by atoms with Gasteiger partial charge in [0.2, 0.25) is 0 Å². The van der Waals surface area contributed by atoms with Gasteiger partial charge in [0.1, 0.15) is 18.1 Å². The second-order valence-corrected chi connectivity index (χ2v) is 9.30. The molecule has 7 nitrogen and oxygen atoms in total. The molecule has 2 aromatic heterocycles. The number of hydrogen-bond acceptors (Lipinski definition) is 6. The summed E-state index contributed by atoms with van der Waals surface area (Å²) in [5, 5.41) is 8.07. The lowest BCUT2D eigenvalue weighted by Gasteiger charge is -2.34. The summed E-state index contributed by atoms with van der Waals surface area (Å²) in [6.07, 6.45) is 5.72. The SMILES string of the molecule is Cc1nn(C2CCNCC2)cc1Cc1ncc(F)c(-c2cc(F)c3c(c2)N(C(C)C)CCO3)n1. The monoisotopic (exact) mass is 468 g/mol. The van der Waals surface area contributed by atoms with Crippen LogP contribution in [-0.2, 0) is 6.42 Å². The Kier molecular flexibility index (Phi) is 6.20. The van der Waals surface area contributed by atoms with E-state index in [0.717, 1.165) is 43.4 Å². The number of fused-ring (bicyclic) bond motifs is 1. The smallest absolute Gasteiger partial charge is 0.178 e. The highest BCUT2D eigenvalue weighted by molar-refractivity contribution is 5.72. The molecule has 9 heteroatoms. The van der Waals surface area contributed by atoms with Crippen molar-refractivity contribution in [2.75, 3.05) is 31.1 Å². The molecule has 5 rings (SSSR count). The molecule has 0 saturated carbocycles. The van der Waals surface area contributed by atoms with E-state index in [1.54, 1.807) is 6.07 Å². The number of rotatable bonds is 5. The van der Waals surface area contributed by atoms with Gasteiger partial charge in [0.15, 0.2) is 17.4 Å². The largest absolute Gasteiger partial charge is 0.486 e. The Balaban J connectivity index is 1.46. The van der Waals surface area contributed by atoms with Crippen LogP contribution in [0.1, 0.15) is 49.8 Å². The molecule has 2 aliphatic rings. The number of nitrogens with one attached hydrogen (secondary N) is 1. The fraction of sp³-hybridized carbons (Fsp3) is 0.480. The van der Waals surface area contributed by atoms with Crippen LogP contribution in [0.3, 0.4) is 0 Å². The van der Waals surface area contributed by atoms with Gasteiger partial charge in [0, 0.05) is 29.8 Å². The van der Waals surface area contributed by atoms with Crippen LogP contribution < -0.4 is 15.0 Å². The number of anilines is 1. The van der Waals surface area contributed by atoms with E-state index in [4.69, 9.17) is 9.84 Å². The maximum Gasteiger partial charge on any atom is 0.178 e. The molecule has 1 aromatic carbocycles. The second kappa shape index (κ2) is 9.29. The predicted octanol–water partition coefficient (Wildman–Crippen LogP) is 4.05. The zero-order valence-electron chi connectivity index (χ0n) is 19.8. The number of aryl methyl sites for hydroxylation is 1. The van der Waals surface area contributed by atoms with Crippen molar-refractivity contribution in [2.24, 2.45) is 0 Å². The number of halogens is 2. The van der Waals surface area contributed by atoms with E-state index in [9.17, 15) is 8.78 Å². The van der Waals surface area contributed by atoms with Crippen molar-refractivity contribution in [3.05, 3.63) is 53.2 Å². The van der Waals surface area contributed by atoms with Crippen molar-refractivity contribution >= 4 is 5.69 Å². The summed E-state index contributed by atoms with van der Waals surface area (Å²) in [5.74, 6) is -0.423. The first-order valence-electron chi connectivity index (χ1n) is 11.9. The minimum Gasteiger partial charge on any atom is -0.486 e. The van der Waals surface area contributed by atoms with Crippen LogP contribution in [0.25, 0.3) is 11.3 Å². The minimum absolute atomic E-state index is 0.0874. The van der Waals surface area contributed by atoms with E-state index in [1.165, 1.54) is 6.07 Å². The van der Waals surface area contributed by atoms with Crippen LogP contribution in [-0.4, -0.2) is 52.0 Å². The number of ether oxygens (including phenoxy) is 1. The van der Waals surface area contributed by atoms with E-state index >= 15 is 0 Å². The van der Waals surface area contributed by atoms with Crippen LogP contribution >= 0.6 is 0 Å². The van der Waals surface area contributed by atoms with Crippen LogP contribution in [0, 0.1) is 18.6 Å². The molecule has 0 atom stereocenters. The molecule has 3 aromatic rings. The summed E-state index contributed by atoms with van der Waals surface area (Å²) in [6.45, 7) is 9.07. The van der Waals surface area contributed by atoms with Crippen molar-refractivity contribution < 1.29 is 13.5 Å². The first-order valence-corrected chi connectivity index (χ1v) is 11.9. The molecule has 1 N–H and O–H groups in total. The van der Waals surface area contributed by atoms with Gasteiger partial charge in [0.25, 0.3) is 0 Å². The lowest BCUT2D eigenvalue weighted by atomic mass is 10.1. The van der Waals surface area contributed by atoms with Crippen molar-refractivity contribution in [1.82, 2.24) is 25.1 Å². The van der Waals surface area contributed by atoms with Crippen LogP contribution in [0.4, 0.5) is 14.5 Å². The Hall–Kier alpha value is -3.07. The van der Waals surface area contributed by atoms with E-state index in [0.29, 0.717) is 42.7 Å². The van der Waals surface area contributed by atoms with Crippen molar-refractivity contribution in [1.29, 1.82) is 0 Å². The number of aromatic nitrogens is 4. The van der Waals surface area contributed by atoms with E-state index in [1.807, 2.05) is 31.6 Å². The Morgan fingerprint density at radius 1 is 1.18 bits per heavy atom. The van der Waals surface area contributed by atoms with Gasteiger partial charge in [-0.05, 0) is 58.8 Å². The number of benzene rings is 1. The molecule has 1 fully saturated rings. The van der Waals surface area contributed by atoms with Gasteiger partial charge in [-0.15, -0.1) is 0 Å². The minimum atomic E-state index is -0.585. The standard InChI is InChI=1S/C25H30F2N6O/c1-15(2)32-8-9-34-25-20(26)10-17(11-22(25)32)24-21(27)13-29-23(30-24)12-18-14-33(31-16(18)3)19-4-6-28-7-5-19/h10-11,13-15,19,28H,4-9,12H2,1-3H3. The molecule has 0 spiro atoms. The quantitative estimate of drug-likeness (QED) is 0.610. The van der Waals surface area contributed by atoms with E-state index in [-0.39, 0.29) is 17.5 Å². The molecule has 4 heterocycles. The predicted molar refractivity (Wildman–Crippen MR) is 126 cm³/mol. The van der Waals surface area contributed by atoms with Gasteiger partial charge in [-0.3, -0.25) is 4.68 Å². The van der Waals surface area contributed by atoms with Gasteiger partial charge in [-0.25, -0.2) is 18.7 Å². The molecule has 0 aliphatic carbocycles. The molecule has 34 heavy (non-hydrogen) atoms. The maximum atomic E-state index is 14.9. The third-order valence-electron chi connectivity index (χ3n) is 6.65. The average molecular weight is 469 g/mol. The molecule has 2 aliphatic heterocycles. The molecule has 0 bridgehead atoms. The van der Waals surface area contributed by atoms with Crippen molar-refractivity contribution in [2.45, 2.75) is 52.1 Å². The summed E-state index contributed by atoms with van der Waals surface area (Å²) in [7, 11) is 0. The summed E-state index contributed by atoms with van der Waals surface area (Å²) in [5.41, 5.74) is 3.00. The van der Waals surface area contributed by atoms with E-state index in [2.05, 4.69) is 20.2 Å². The number of hydrogen-bond donors (Lipinski definition) is 1. The zero-order valence-corrected chi connectivity index (χ0v) is 19.8. The molecular weight excluding hydrogens is 438 g/mol. The van der Waals surface area contributed by atoms with Gasteiger partial charge in [-0.2, -0.15) is 5.10 Å². The van der Waals surface area contributed by atoms with Crippen LogP contribution in [0.2, 0.25) is 0 Å². The lowest BCUT2D eigenvalue weighted by molar-refractivity contribution is 0.287. The average Bonchev–Trinajstić information content (AvgIpc) is 3.20. The van der Waals surface area contributed by atoms with Gasteiger partial charge in [0.05, 0.1) is 30.2 Å². The molecule has 0 amide bonds. The van der Waals surface area contributed by atoms with Crippen LogP contribution in [0.15, 0.2) is 24.5 Å². The summed E-state index contributed by atoms with van der Waals surface area (Å²) < 4.78 is 37.4. The molecule has 0 radical (unpaired) electrons. The summed E-state index contributed by atoms with van der Waals surface area (Å²) in [6, 6.07) is 3.58. The first kappa shape index (κ1) is 22.7. The Morgan fingerprint density at radius 2 is 1.97 bits per heavy atom. The van der Waals surface area contributed by atoms with E-state index < -0.39 is 11.6 Å². The molecule has 0 unspecified atom stereocenters. The lowest BCUT2D eigenvalue weighted by Crippen LogP contribution is -2.38. The third kappa shape index (κ3) is 4.36. The van der Waals surface area contributed by atoms with Gasteiger partial charge < -0.3 is 15.0 Å². The fourth-order valence-corrected chi connectivity index (χ4v) is 4.79. The topological polar surface area (TPSA) is 68.1 Å². The molecule has 1 saturated heterocycles. The molecular formula is C25H30F2N6O. The van der Waals surface area contributed by atoms with Gasteiger partial charge in [-0.1, -0.05) is 0 Å². The Labute approximate surface area is 198 Å². The summed E-state index contributed by atoms with van der Waals surface area (Å²) in [4.78, 5) is 10.8. The Bertz CT molecular complexity index is 1190. The molecule has 180 valence electrons. The van der Waals surface area contributed by atoms with Crippen molar-refractivity contribution in [3.8, 4) is 17.0 Å².